The van der Waals surface area contributed by atoms with Gasteiger partial charge in [0.1, 0.15) is 9.74 Å². The van der Waals surface area contributed by atoms with Crippen LogP contribution in [0.4, 0.5) is 0 Å². The van der Waals surface area contributed by atoms with Crippen molar-refractivity contribution in [2.45, 2.75) is 9.74 Å². The Morgan fingerprint density at radius 3 is 2.19 bits per heavy atom. The second kappa shape index (κ2) is 3.96. The van der Waals surface area contributed by atoms with Crippen LogP contribution in [0.3, 0.4) is 0 Å². The van der Waals surface area contributed by atoms with Crippen LogP contribution < -0.4 is 11.5 Å². The van der Waals surface area contributed by atoms with E-state index in [-0.39, 0.29) is 0 Å². The minimum Gasteiger partial charge on any atom is -0.308 e. The lowest BCUT2D eigenvalue weighted by Crippen LogP contribution is -2.60. The van der Waals surface area contributed by atoms with E-state index in [2.05, 4.69) is 25.3 Å². The zero-order valence-corrected chi connectivity index (χ0v) is 10.5. The van der Waals surface area contributed by atoms with Crippen molar-refractivity contribution in [3.8, 4) is 0 Å². The Labute approximate surface area is 106 Å². The molecule has 1 aromatic carbocycles. The molecule has 0 atom stereocenters. The summed E-state index contributed by atoms with van der Waals surface area (Å²) in [7, 11) is 0. The number of hydrogen-bond acceptors (Lipinski definition) is 4. The lowest BCUT2D eigenvalue weighted by atomic mass is 9.93. The van der Waals surface area contributed by atoms with Gasteiger partial charge < -0.3 is 11.5 Å². The Kier molecular flexibility index (Phi) is 2.92. The van der Waals surface area contributed by atoms with Gasteiger partial charge in [0, 0.05) is 0 Å². The number of nitrogens with two attached hydrogens (primary N) is 2. The second-order valence-electron chi connectivity index (χ2n) is 3.96. The topological polar surface area (TPSA) is 52.0 Å². The maximum Gasteiger partial charge on any atom is 0.111 e. The lowest BCUT2D eigenvalue weighted by molar-refractivity contribution is 0.548. The fraction of sp³-hybridized carbons (Fsp3) is 0.167. The number of thiol groups is 2. The average Bonchev–Trinajstić information content (AvgIpc) is 2.23. The molecule has 84 valence electrons. The summed E-state index contributed by atoms with van der Waals surface area (Å²) in [5, 5.41) is 0. The standard InChI is InChI=1S/C12H14N2S2/c13-11(14)7-6-10(8-12(11,15)16)9-4-2-1-3-5-9/h1-8,15-16H,13-14H2. The van der Waals surface area contributed by atoms with Gasteiger partial charge in [0.25, 0.3) is 0 Å². The summed E-state index contributed by atoms with van der Waals surface area (Å²) in [4.78, 5) is 0. The van der Waals surface area contributed by atoms with Crippen LogP contribution >= 0.6 is 25.3 Å². The first-order valence-electron chi connectivity index (χ1n) is 4.92. The third-order valence-corrected chi connectivity index (χ3v) is 3.67. The van der Waals surface area contributed by atoms with Gasteiger partial charge >= 0.3 is 0 Å². The van der Waals surface area contributed by atoms with Gasteiger partial charge in [-0.15, -0.1) is 0 Å². The van der Waals surface area contributed by atoms with E-state index in [4.69, 9.17) is 11.5 Å². The minimum absolute atomic E-state index is 0.854. The maximum atomic E-state index is 5.89. The molecule has 0 radical (unpaired) electrons. The highest BCUT2D eigenvalue weighted by atomic mass is 32.2. The predicted octanol–water partition coefficient (Wildman–Crippen LogP) is 1.81. The average molecular weight is 250 g/mol. The summed E-state index contributed by atoms with van der Waals surface area (Å²) < 4.78 is -0.854. The van der Waals surface area contributed by atoms with Crippen molar-refractivity contribution in [3.05, 3.63) is 54.1 Å². The van der Waals surface area contributed by atoms with E-state index in [1.54, 1.807) is 6.08 Å². The molecular formula is C12H14N2S2. The summed E-state index contributed by atoms with van der Waals surface area (Å²) in [5.41, 5.74) is 12.9. The molecule has 4 heteroatoms. The summed E-state index contributed by atoms with van der Waals surface area (Å²) in [6.07, 6.45) is 5.50. The molecule has 1 aliphatic rings. The Morgan fingerprint density at radius 2 is 1.62 bits per heavy atom. The van der Waals surface area contributed by atoms with Crippen LogP contribution in [0.2, 0.25) is 0 Å². The molecule has 0 fully saturated rings. The van der Waals surface area contributed by atoms with E-state index in [9.17, 15) is 0 Å². The van der Waals surface area contributed by atoms with E-state index in [1.807, 2.05) is 42.5 Å². The molecule has 0 unspecified atom stereocenters. The van der Waals surface area contributed by atoms with Crippen molar-refractivity contribution in [3.63, 3.8) is 0 Å². The van der Waals surface area contributed by atoms with E-state index in [1.165, 1.54) is 0 Å². The van der Waals surface area contributed by atoms with E-state index in [0.717, 1.165) is 11.1 Å². The molecule has 2 rings (SSSR count). The van der Waals surface area contributed by atoms with Crippen LogP contribution in [-0.2, 0) is 0 Å². The Bertz CT molecular complexity index is 447. The number of benzene rings is 1. The molecule has 0 bridgehead atoms. The quantitative estimate of drug-likeness (QED) is 0.454. The normalized spacial score (nSPS) is 21.6. The van der Waals surface area contributed by atoms with Crippen molar-refractivity contribution in [2.75, 3.05) is 0 Å². The van der Waals surface area contributed by atoms with Crippen LogP contribution in [0.1, 0.15) is 5.56 Å². The van der Waals surface area contributed by atoms with E-state index < -0.39 is 9.74 Å². The fourth-order valence-electron chi connectivity index (χ4n) is 1.55. The molecule has 0 heterocycles. The highest BCUT2D eigenvalue weighted by Gasteiger charge is 2.39. The molecule has 1 aliphatic carbocycles. The van der Waals surface area contributed by atoms with Gasteiger partial charge in [0.15, 0.2) is 0 Å². The molecule has 4 N–H and O–H groups in total. The third kappa shape index (κ3) is 2.06. The number of allylic oxidation sites excluding steroid dienone is 2. The van der Waals surface area contributed by atoms with Gasteiger partial charge in [0.2, 0.25) is 0 Å². The van der Waals surface area contributed by atoms with Gasteiger partial charge in [-0.25, -0.2) is 0 Å². The summed E-state index contributed by atoms with van der Waals surface area (Å²) >= 11 is 8.79. The molecule has 0 aliphatic heterocycles. The number of hydrogen-bond donors (Lipinski definition) is 4. The van der Waals surface area contributed by atoms with Gasteiger partial charge in [-0.1, -0.05) is 36.4 Å². The summed E-state index contributed by atoms with van der Waals surface area (Å²) in [5.74, 6) is 0. The molecule has 1 aromatic rings. The van der Waals surface area contributed by atoms with Crippen LogP contribution in [0.25, 0.3) is 5.57 Å². The highest BCUT2D eigenvalue weighted by Crippen LogP contribution is 2.37. The van der Waals surface area contributed by atoms with Crippen LogP contribution in [0.5, 0.6) is 0 Å². The van der Waals surface area contributed by atoms with Crippen LogP contribution in [-0.4, -0.2) is 9.74 Å². The molecule has 2 nitrogen and oxygen atoms in total. The van der Waals surface area contributed by atoms with Crippen molar-refractivity contribution in [1.82, 2.24) is 0 Å². The van der Waals surface area contributed by atoms with E-state index in [0.29, 0.717) is 0 Å². The second-order valence-corrected chi connectivity index (χ2v) is 5.72. The maximum absolute atomic E-state index is 5.89. The SMILES string of the molecule is NC1(N)C=CC(c2ccccc2)=CC1(S)S. The van der Waals surface area contributed by atoms with Crippen molar-refractivity contribution in [2.24, 2.45) is 11.5 Å². The predicted molar refractivity (Wildman–Crippen MR) is 75.4 cm³/mol. The number of rotatable bonds is 1. The Balaban J connectivity index is 2.41. The van der Waals surface area contributed by atoms with Crippen LogP contribution in [0.15, 0.2) is 48.6 Å². The van der Waals surface area contributed by atoms with Gasteiger partial charge in [0.05, 0.1) is 0 Å². The van der Waals surface area contributed by atoms with Gasteiger partial charge in [-0.2, -0.15) is 25.3 Å². The first-order valence-corrected chi connectivity index (χ1v) is 5.82. The fourth-order valence-corrected chi connectivity index (χ4v) is 1.98. The first-order chi connectivity index (χ1) is 7.42. The zero-order chi connectivity index (χ0) is 11.8. The molecular weight excluding hydrogens is 236 g/mol. The molecule has 0 amide bonds. The van der Waals surface area contributed by atoms with Crippen molar-refractivity contribution >= 4 is 30.8 Å². The van der Waals surface area contributed by atoms with Gasteiger partial charge in [-0.05, 0) is 23.3 Å². The third-order valence-electron chi connectivity index (χ3n) is 2.64. The van der Waals surface area contributed by atoms with Crippen molar-refractivity contribution in [1.29, 1.82) is 0 Å². The monoisotopic (exact) mass is 250 g/mol. The molecule has 0 aromatic heterocycles. The molecule has 0 saturated heterocycles. The highest BCUT2D eigenvalue weighted by molar-refractivity contribution is 8.01. The zero-order valence-electron chi connectivity index (χ0n) is 8.67. The molecule has 0 saturated carbocycles. The van der Waals surface area contributed by atoms with E-state index >= 15 is 0 Å². The molecule has 0 spiro atoms. The summed E-state index contributed by atoms with van der Waals surface area (Å²) in [6.45, 7) is 0. The first kappa shape index (κ1) is 11.8. The smallest absolute Gasteiger partial charge is 0.111 e. The lowest BCUT2D eigenvalue weighted by Gasteiger charge is -2.37. The Morgan fingerprint density at radius 1 is 1.00 bits per heavy atom. The largest absolute Gasteiger partial charge is 0.308 e. The van der Waals surface area contributed by atoms with Crippen LogP contribution in [0, 0.1) is 0 Å². The summed E-state index contributed by atoms with van der Waals surface area (Å²) in [6, 6.07) is 9.98. The molecule has 16 heavy (non-hydrogen) atoms. The Hall–Kier alpha value is -0.680. The van der Waals surface area contributed by atoms with Gasteiger partial charge in [-0.3, -0.25) is 0 Å². The van der Waals surface area contributed by atoms with Crippen molar-refractivity contribution < 1.29 is 0 Å². The minimum atomic E-state index is -1.04.